The second-order valence-electron chi connectivity index (χ2n) is 11.3. The third-order valence-electron chi connectivity index (χ3n) is 7.84. The normalized spacial score (nSPS) is 15.5. The van der Waals surface area contributed by atoms with Crippen LogP contribution >= 0.6 is 34.7 Å². The Labute approximate surface area is 300 Å². The molecule has 2 heterocycles. The monoisotopic (exact) mass is 721 g/mol. The molecule has 1 amide bonds. The van der Waals surface area contributed by atoms with Crippen molar-refractivity contribution in [1.29, 1.82) is 0 Å². The first-order chi connectivity index (χ1) is 23.9. The summed E-state index contributed by atoms with van der Waals surface area (Å²) in [7, 11) is 0. The van der Waals surface area contributed by atoms with Crippen molar-refractivity contribution in [2.45, 2.75) is 69.0 Å². The van der Waals surface area contributed by atoms with Crippen LogP contribution in [0.1, 0.15) is 75.6 Å². The molecule has 0 aliphatic carbocycles. The Balaban J connectivity index is 1.53. The van der Waals surface area contributed by atoms with Crippen LogP contribution in [0.3, 0.4) is 0 Å². The van der Waals surface area contributed by atoms with Crippen LogP contribution in [0.5, 0.6) is 17.2 Å². The molecule has 1 atom stereocenters. The van der Waals surface area contributed by atoms with Crippen LogP contribution in [0.25, 0.3) is 5.76 Å². The van der Waals surface area contributed by atoms with E-state index in [9.17, 15) is 14.7 Å². The molecule has 1 aliphatic rings. The Hall–Kier alpha value is -4.06. The summed E-state index contributed by atoms with van der Waals surface area (Å²) in [5.74, 6) is 0.281. The molecule has 0 spiro atoms. The van der Waals surface area contributed by atoms with Gasteiger partial charge in [-0.1, -0.05) is 92.1 Å². The van der Waals surface area contributed by atoms with Crippen LogP contribution in [0.4, 0.5) is 5.13 Å². The highest BCUT2D eigenvalue weighted by Crippen LogP contribution is 2.46. The summed E-state index contributed by atoms with van der Waals surface area (Å²) in [6.45, 7) is 7.58. The molecule has 1 saturated heterocycles. The number of hydrogen-bond donors (Lipinski definition) is 1. The lowest BCUT2D eigenvalue weighted by atomic mass is 9.95. The van der Waals surface area contributed by atoms with Crippen LogP contribution in [-0.4, -0.2) is 46.8 Å². The van der Waals surface area contributed by atoms with Gasteiger partial charge in [0.15, 0.2) is 15.8 Å². The first-order valence-corrected chi connectivity index (χ1v) is 18.7. The number of rotatable bonds is 17. The minimum atomic E-state index is -1.01. The smallest absolute Gasteiger partial charge is 0.301 e. The summed E-state index contributed by atoms with van der Waals surface area (Å²) in [4.78, 5) is 28.9. The second kappa shape index (κ2) is 17.6. The second-order valence-corrected chi connectivity index (χ2v) is 13.9. The molecule has 1 fully saturated rings. The molecule has 0 unspecified atom stereocenters. The maximum Gasteiger partial charge on any atom is 0.301 e. The first kappa shape index (κ1) is 36.2. The number of benzene rings is 3. The summed E-state index contributed by atoms with van der Waals surface area (Å²) in [5, 5.41) is 21.2. The summed E-state index contributed by atoms with van der Waals surface area (Å²) in [6, 6.07) is 18.7. The Morgan fingerprint density at radius 1 is 0.898 bits per heavy atom. The highest BCUT2D eigenvalue weighted by Gasteiger charge is 2.48. The molecule has 4 aromatic rings. The number of ether oxygens (including phenoxy) is 3. The van der Waals surface area contributed by atoms with Crippen molar-refractivity contribution in [2.24, 2.45) is 0 Å². The number of anilines is 1. The number of hydrogen-bond acceptors (Lipinski definition) is 10. The number of halogens is 1. The molecule has 0 bridgehead atoms. The minimum Gasteiger partial charge on any atom is -0.507 e. The molecule has 5 rings (SSSR count). The number of carbonyl (C=O) groups is 2. The number of aliphatic hydroxyl groups excluding tert-OH is 1. The zero-order chi connectivity index (χ0) is 34.8. The maximum atomic E-state index is 13.8. The highest BCUT2D eigenvalue weighted by atomic mass is 35.5. The van der Waals surface area contributed by atoms with Gasteiger partial charge in [0.25, 0.3) is 5.78 Å². The third-order valence-corrected chi connectivity index (χ3v) is 10.3. The van der Waals surface area contributed by atoms with Crippen LogP contribution in [-0.2, 0) is 15.3 Å². The minimum absolute atomic E-state index is 0.0656. The standard InChI is InChI=1S/C37H40ClN3O6S2/c1-4-7-11-21-47-29-19-16-25(22-30(29)45-6-3)32-31(33(42)24-14-17-27(18-15-24)46-20-8-5-2)34(43)35(44)41(32)36-39-40-37(49-36)48-23-26-12-9-10-13-28(26)38/h9-10,12-19,22,32,42H,4-8,11,20-21,23H2,1-3H3/t32-/m1/s1. The van der Waals surface area contributed by atoms with Crippen molar-refractivity contribution < 1.29 is 28.9 Å². The fourth-order valence-corrected chi connectivity index (χ4v) is 7.43. The number of aromatic nitrogens is 2. The quantitative estimate of drug-likeness (QED) is 0.0285. The van der Waals surface area contributed by atoms with E-state index >= 15 is 0 Å². The Morgan fingerprint density at radius 2 is 1.65 bits per heavy atom. The van der Waals surface area contributed by atoms with E-state index in [4.69, 9.17) is 25.8 Å². The summed E-state index contributed by atoms with van der Waals surface area (Å²) < 4.78 is 18.4. The molecular weight excluding hydrogens is 682 g/mol. The first-order valence-electron chi connectivity index (χ1n) is 16.5. The average molecular weight is 722 g/mol. The molecule has 9 nitrogen and oxygen atoms in total. The molecule has 1 N–H and O–H groups in total. The van der Waals surface area contributed by atoms with Crippen molar-refractivity contribution in [2.75, 3.05) is 24.7 Å². The fourth-order valence-electron chi connectivity index (χ4n) is 5.27. The van der Waals surface area contributed by atoms with E-state index in [2.05, 4.69) is 24.0 Å². The number of amides is 1. The van der Waals surface area contributed by atoms with Crippen LogP contribution in [0, 0.1) is 0 Å². The average Bonchev–Trinajstić information content (AvgIpc) is 3.68. The molecule has 12 heteroatoms. The van der Waals surface area contributed by atoms with Crippen LogP contribution < -0.4 is 19.1 Å². The number of ketones is 1. The summed E-state index contributed by atoms with van der Waals surface area (Å²) in [6.07, 6.45) is 4.94. The number of carbonyl (C=O) groups excluding carboxylic acids is 2. The van der Waals surface area contributed by atoms with Gasteiger partial charge in [0, 0.05) is 16.3 Å². The summed E-state index contributed by atoms with van der Waals surface area (Å²) in [5.41, 5.74) is 1.79. The number of Topliss-reactive ketones (excluding diaryl/α,β-unsaturated/α-hetero) is 1. The third kappa shape index (κ3) is 8.76. The number of nitrogens with zero attached hydrogens (tertiary/aromatic N) is 3. The molecule has 0 saturated carbocycles. The van der Waals surface area contributed by atoms with E-state index in [1.807, 2.05) is 31.2 Å². The van der Waals surface area contributed by atoms with E-state index < -0.39 is 17.7 Å². The molecular formula is C37H40ClN3O6S2. The van der Waals surface area contributed by atoms with Gasteiger partial charge in [-0.2, -0.15) is 0 Å². The maximum absolute atomic E-state index is 13.8. The van der Waals surface area contributed by atoms with E-state index in [1.165, 1.54) is 28.0 Å². The van der Waals surface area contributed by atoms with E-state index in [-0.39, 0.29) is 16.5 Å². The molecule has 49 heavy (non-hydrogen) atoms. The van der Waals surface area contributed by atoms with E-state index in [0.717, 1.165) is 37.7 Å². The van der Waals surface area contributed by atoms with Crippen molar-refractivity contribution in [3.05, 3.63) is 94.0 Å². The predicted molar refractivity (Wildman–Crippen MR) is 195 cm³/mol. The number of unbranched alkanes of at least 4 members (excludes halogenated alkanes) is 3. The Morgan fingerprint density at radius 3 is 2.39 bits per heavy atom. The van der Waals surface area contributed by atoms with Gasteiger partial charge in [0.2, 0.25) is 5.13 Å². The predicted octanol–water partition coefficient (Wildman–Crippen LogP) is 9.26. The van der Waals surface area contributed by atoms with Gasteiger partial charge < -0.3 is 19.3 Å². The van der Waals surface area contributed by atoms with Gasteiger partial charge in [0.05, 0.1) is 31.4 Å². The zero-order valence-corrected chi connectivity index (χ0v) is 30.2. The molecule has 0 radical (unpaired) electrons. The van der Waals surface area contributed by atoms with Gasteiger partial charge in [-0.25, -0.2) is 0 Å². The van der Waals surface area contributed by atoms with Gasteiger partial charge >= 0.3 is 5.91 Å². The molecule has 1 aliphatic heterocycles. The van der Waals surface area contributed by atoms with E-state index in [1.54, 1.807) is 42.5 Å². The molecule has 1 aromatic heterocycles. The van der Waals surface area contributed by atoms with Crippen LogP contribution in [0.2, 0.25) is 5.02 Å². The highest BCUT2D eigenvalue weighted by molar-refractivity contribution is 8.00. The topological polar surface area (TPSA) is 111 Å². The largest absolute Gasteiger partial charge is 0.507 e. The number of thioether (sulfide) groups is 1. The lowest BCUT2D eigenvalue weighted by Crippen LogP contribution is -2.29. The van der Waals surface area contributed by atoms with Crippen molar-refractivity contribution in [3.63, 3.8) is 0 Å². The molecule has 258 valence electrons. The Bertz CT molecular complexity index is 1780. The van der Waals surface area contributed by atoms with Gasteiger partial charge in [0.1, 0.15) is 11.5 Å². The van der Waals surface area contributed by atoms with Crippen molar-refractivity contribution >= 4 is 57.3 Å². The SMILES string of the molecule is CCCCCOc1ccc([C@@H]2C(=C(O)c3ccc(OCCCC)cc3)C(=O)C(=O)N2c2nnc(SCc3ccccc3Cl)s2)cc1OCC. The fraction of sp³-hybridized carbons (Fsp3) is 0.351. The van der Waals surface area contributed by atoms with E-state index in [0.29, 0.717) is 63.3 Å². The zero-order valence-electron chi connectivity index (χ0n) is 27.8. The van der Waals surface area contributed by atoms with Crippen LogP contribution in [0.15, 0.2) is 76.6 Å². The van der Waals surface area contributed by atoms with Gasteiger partial charge in [-0.15, -0.1) is 10.2 Å². The lowest BCUT2D eigenvalue weighted by molar-refractivity contribution is -0.132. The molecule has 3 aromatic carbocycles. The van der Waals surface area contributed by atoms with Gasteiger partial charge in [-0.05, 0) is 73.4 Å². The van der Waals surface area contributed by atoms with Crippen molar-refractivity contribution in [1.82, 2.24) is 10.2 Å². The lowest BCUT2D eigenvalue weighted by Gasteiger charge is -2.23. The Kier molecular flexibility index (Phi) is 13.0. The van der Waals surface area contributed by atoms with Crippen molar-refractivity contribution in [3.8, 4) is 17.2 Å². The van der Waals surface area contributed by atoms with Gasteiger partial charge in [-0.3, -0.25) is 14.5 Å². The number of aliphatic hydroxyl groups is 1. The summed E-state index contributed by atoms with van der Waals surface area (Å²) >= 11 is 8.97.